The van der Waals surface area contributed by atoms with E-state index in [4.69, 9.17) is 37.1 Å². The van der Waals surface area contributed by atoms with Crippen molar-refractivity contribution in [3.8, 4) is 17.2 Å². The summed E-state index contributed by atoms with van der Waals surface area (Å²) >= 11 is 12.1. The molecule has 1 N–H and O–H groups in total. The van der Waals surface area contributed by atoms with Crippen molar-refractivity contribution < 1.29 is 18.7 Å². The van der Waals surface area contributed by atoms with E-state index in [1.165, 1.54) is 17.6 Å². The molecule has 0 aliphatic carbocycles. The molecular weight excluding hydrogens is 561 g/mol. The number of benzene rings is 3. The maximum Gasteiger partial charge on any atom is 0.307 e. The molecule has 0 spiro atoms. The van der Waals surface area contributed by atoms with Gasteiger partial charge < -0.3 is 18.5 Å². The third-order valence-corrected chi connectivity index (χ3v) is 7.04. The van der Waals surface area contributed by atoms with Gasteiger partial charge in [-0.3, -0.25) is 4.79 Å². The van der Waals surface area contributed by atoms with Crippen molar-refractivity contribution in [3.05, 3.63) is 135 Å². The fourth-order valence-electron chi connectivity index (χ4n) is 4.22. The van der Waals surface area contributed by atoms with Crippen molar-refractivity contribution in [2.75, 3.05) is 0 Å². The van der Waals surface area contributed by atoms with Gasteiger partial charge in [0.2, 0.25) is 0 Å². The topological polar surface area (TPSA) is 78.0 Å². The number of halogens is 2. The lowest BCUT2D eigenvalue weighted by molar-refractivity contribution is 0.0923. The van der Waals surface area contributed by atoms with Crippen LogP contribution in [0, 0.1) is 13.8 Å². The smallest absolute Gasteiger partial charge is 0.307 e. The number of hydrogen-bond acceptors (Lipinski definition) is 5. The lowest BCUT2D eigenvalue weighted by atomic mass is 10.2. The van der Waals surface area contributed by atoms with E-state index in [2.05, 4.69) is 41.1 Å². The summed E-state index contributed by atoms with van der Waals surface area (Å²) in [6.07, 6.45) is 1.51. The average Bonchev–Trinajstić information content (AvgIpc) is 3.59. The van der Waals surface area contributed by atoms with Crippen molar-refractivity contribution in [1.29, 1.82) is 0 Å². The first-order chi connectivity index (χ1) is 19.9. The van der Waals surface area contributed by atoms with Crippen molar-refractivity contribution >= 4 is 35.3 Å². The van der Waals surface area contributed by atoms with Gasteiger partial charge in [-0.2, -0.15) is 5.10 Å². The molecule has 0 bridgehead atoms. The van der Waals surface area contributed by atoms with E-state index < -0.39 is 5.91 Å². The Morgan fingerprint density at radius 3 is 2.39 bits per heavy atom. The largest absolute Gasteiger partial charge is 0.488 e. The SMILES string of the molecule is Cc1ccc(C)n1-c1ccc(OCc2ccc(C(=O)N/N=C/c3ccccc3OCc3ccc(Cl)c(Cl)c3)o2)cc1. The lowest BCUT2D eigenvalue weighted by Gasteiger charge is -2.10. The Morgan fingerprint density at radius 1 is 0.878 bits per heavy atom. The van der Waals surface area contributed by atoms with Crippen LogP contribution in [0.4, 0.5) is 0 Å². The van der Waals surface area contributed by atoms with Crippen LogP contribution in [0.15, 0.2) is 101 Å². The van der Waals surface area contributed by atoms with Crippen LogP contribution in [0.25, 0.3) is 5.69 Å². The molecule has 0 saturated heterocycles. The number of nitrogens with zero attached hydrogens (tertiary/aromatic N) is 2. The number of para-hydroxylation sites is 1. The maximum absolute atomic E-state index is 12.6. The second-order valence-electron chi connectivity index (χ2n) is 9.27. The Bertz CT molecular complexity index is 1670. The van der Waals surface area contributed by atoms with Crippen LogP contribution in [0.5, 0.6) is 11.5 Å². The van der Waals surface area contributed by atoms with Crippen LogP contribution in [0.2, 0.25) is 10.0 Å². The summed E-state index contributed by atoms with van der Waals surface area (Å²) < 4.78 is 19.6. The number of nitrogens with one attached hydrogen (secondary N) is 1. The first kappa shape index (κ1) is 28.1. The Kier molecular flexibility index (Phi) is 8.77. The third-order valence-electron chi connectivity index (χ3n) is 6.30. The Hall–Kier alpha value is -4.46. The third kappa shape index (κ3) is 7.01. The minimum absolute atomic E-state index is 0.124. The van der Waals surface area contributed by atoms with Gasteiger partial charge in [-0.05, 0) is 92.2 Å². The number of carbonyl (C=O) groups is 1. The molecule has 0 radical (unpaired) electrons. The number of furan rings is 1. The monoisotopic (exact) mass is 587 g/mol. The van der Waals surface area contributed by atoms with Gasteiger partial charge in [0.1, 0.15) is 30.5 Å². The van der Waals surface area contributed by atoms with Gasteiger partial charge >= 0.3 is 5.91 Å². The van der Waals surface area contributed by atoms with Crippen LogP contribution >= 0.6 is 23.2 Å². The molecular formula is C32H27Cl2N3O4. The van der Waals surface area contributed by atoms with E-state index in [-0.39, 0.29) is 12.4 Å². The highest BCUT2D eigenvalue weighted by Gasteiger charge is 2.12. The zero-order chi connectivity index (χ0) is 28.8. The highest BCUT2D eigenvalue weighted by Crippen LogP contribution is 2.24. The van der Waals surface area contributed by atoms with E-state index in [1.807, 2.05) is 54.6 Å². The average molecular weight is 588 g/mol. The Labute approximate surface area is 247 Å². The molecule has 9 heteroatoms. The summed E-state index contributed by atoms with van der Waals surface area (Å²) in [5.74, 6) is 1.45. The number of ether oxygens (including phenoxy) is 2. The summed E-state index contributed by atoms with van der Waals surface area (Å²) in [6.45, 7) is 4.62. The Morgan fingerprint density at radius 2 is 1.63 bits per heavy atom. The van der Waals surface area contributed by atoms with Crippen molar-refractivity contribution in [1.82, 2.24) is 9.99 Å². The molecule has 0 atom stereocenters. The van der Waals surface area contributed by atoms with Crippen LogP contribution in [0.3, 0.4) is 0 Å². The quantitative estimate of drug-likeness (QED) is 0.133. The highest BCUT2D eigenvalue weighted by molar-refractivity contribution is 6.42. The van der Waals surface area contributed by atoms with E-state index in [0.29, 0.717) is 39.5 Å². The number of hydrazone groups is 1. The minimum Gasteiger partial charge on any atom is -0.488 e. The number of rotatable bonds is 10. The van der Waals surface area contributed by atoms with E-state index in [1.54, 1.807) is 24.3 Å². The van der Waals surface area contributed by atoms with Gasteiger partial charge in [0.05, 0.1) is 16.3 Å². The number of hydrogen-bond donors (Lipinski definition) is 1. The normalized spacial score (nSPS) is 11.1. The predicted molar refractivity (Wildman–Crippen MR) is 161 cm³/mol. The van der Waals surface area contributed by atoms with Gasteiger partial charge in [0.25, 0.3) is 0 Å². The maximum atomic E-state index is 12.6. The molecule has 208 valence electrons. The molecule has 41 heavy (non-hydrogen) atoms. The molecule has 0 unspecified atom stereocenters. The lowest BCUT2D eigenvalue weighted by Crippen LogP contribution is -2.16. The van der Waals surface area contributed by atoms with Gasteiger partial charge in [0, 0.05) is 22.6 Å². The van der Waals surface area contributed by atoms with Crippen molar-refractivity contribution in [2.45, 2.75) is 27.1 Å². The summed E-state index contributed by atoms with van der Waals surface area (Å²) in [7, 11) is 0. The summed E-state index contributed by atoms with van der Waals surface area (Å²) in [6, 6.07) is 28.0. The van der Waals surface area contributed by atoms with Gasteiger partial charge in [-0.1, -0.05) is 41.4 Å². The second kappa shape index (κ2) is 12.8. The number of carbonyl (C=O) groups excluding carboxylic acids is 1. The fraction of sp³-hybridized carbons (Fsp3) is 0.125. The predicted octanol–water partition coefficient (Wildman–Crippen LogP) is 7.92. The molecule has 0 aliphatic rings. The van der Waals surface area contributed by atoms with Crippen molar-refractivity contribution in [2.24, 2.45) is 5.10 Å². The second-order valence-corrected chi connectivity index (χ2v) is 10.1. The van der Waals surface area contributed by atoms with Gasteiger partial charge in [0.15, 0.2) is 5.76 Å². The van der Waals surface area contributed by atoms with Crippen LogP contribution in [0.1, 0.15) is 38.8 Å². The molecule has 1 amide bonds. The van der Waals surface area contributed by atoms with E-state index in [9.17, 15) is 4.79 Å². The first-order valence-electron chi connectivity index (χ1n) is 12.8. The summed E-state index contributed by atoms with van der Waals surface area (Å²) in [5, 5.41) is 5.02. The van der Waals surface area contributed by atoms with E-state index in [0.717, 1.165) is 11.3 Å². The molecule has 2 heterocycles. The van der Waals surface area contributed by atoms with Crippen LogP contribution in [-0.2, 0) is 13.2 Å². The zero-order valence-electron chi connectivity index (χ0n) is 22.4. The molecule has 0 fully saturated rings. The first-order valence-corrected chi connectivity index (χ1v) is 13.6. The number of aryl methyl sites for hydroxylation is 2. The molecule has 5 aromatic rings. The van der Waals surface area contributed by atoms with Crippen molar-refractivity contribution in [3.63, 3.8) is 0 Å². The summed E-state index contributed by atoms with van der Waals surface area (Å²) in [4.78, 5) is 12.6. The number of amides is 1. The Balaban J connectivity index is 1.13. The number of aromatic nitrogens is 1. The minimum atomic E-state index is -0.483. The fourth-order valence-corrected chi connectivity index (χ4v) is 4.54. The van der Waals surface area contributed by atoms with Crippen LogP contribution in [-0.4, -0.2) is 16.7 Å². The van der Waals surface area contributed by atoms with Crippen LogP contribution < -0.4 is 14.9 Å². The molecule has 0 saturated carbocycles. The highest BCUT2D eigenvalue weighted by atomic mass is 35.5. The molecule has 5 rings (SSSR count). The molecule has 0 aliphatic heterocycles. The molecule has 7 nitrogen and oxygen atoms in total. The zero-order valence-corrected chi connectivity index (χ0v) is 23.9. The summed E-state index contributed by atoms with van der Waals surface area (Å²) in [5.41, 5.74) is 7.44. The molecule has 3 aromatic carbocycles. The molecule has 2 aromatic heterocycles. The van der Waals surface area contributed by atoms with E-state index >= 15 is 0 Å². The van der Waals surface area contributed by atoms with Gasteiger partial charge in [-0.15, -0.1) is 0 Å². The van der Waals surface area contributed by atoms with Gasteiger partial charge in [-0.25, -0.2) is 5.43 Å². The standard InChI is InChI=1S/C32H27Cl2N3O4/c1-21-7-8-22(2)37(21)25-10-12-26(13-11-25)39-20-27-14-16-31(41-27)32(38)36-35-18-24-5-3-4-6-30(24)40-19-23-9-15-28(33)29(34)17-23/h3-18H,19-20H2,1-2H3,(H,36,38)/b35-18+.